The molecule has 0 saturated heterocycles. The number of carbonyl (C=O) groups excluding carboxylic acids is 1. The number of hydrogen-bond donors (Lipinski definition) is 0. The van der Waals surface area contributed by atoms with Gasteiger partial charge in [0.15, 0.2) is 4.60 Å². The summed E-state index contributed by atoms with van der Waals surface area (Å²) < 4.78 is 43.7. The second-order valence-corrected chi connectivity index (χ2v) is 5.00. The molecule has 2 aromatic rings. The third-order valence-corrected chi connectivity index (χ3v) is 3.20. The Morgan fingerprint density at radius 1 is 1.36 bits per heavy atom. The molecule has 0 bridgehead atoms. The predicted molar refractivity (Wildman–Crippen MR) is 70.7 cm³/mol. The lowest BCUT2D eigenvalue weighted by molar-refractivity contribution is -0.143. The van der Waals surface area contributed by atoms with Gasteiger partial charge in [-0.25, -0.2) is 4.79 Å². The van der Waals surface area contributed by atoms with Crippen LogP contribution < -0.4 is 0 Å². The summed E-state index contributed by atoms with van der Waals surface area (Å²) in [6.07, 6.45) is -4.52. The van der Waals surface area contributed by atoms with Crippen LogP contribution in [0.15, 0.2) is 10.7 Å². The number of aromatic nitrogens is 5. The van der Waals surface area contributed by atoms with E-state index in [1.54, 1.807) is 6.92 Å². The quantitative estimate of drug-likeness (QED) is 0.758. The number of ether oxygens (including phenoxy) is 1. The number of hydrogen-bond acceptors (Lipinski definition) is 5. The average Bonchev–Trinajstić information content (AvgIpc) is 2.98. The molecular weight excluding hydrogens is 371 g/mol. The predicted octanol–water partition coefficient (Wildman–Crippen LogP) is 2.17. The van der Waals surface area contributed by atoms with E-state index in [0.29, 0.717) is 11.2 Å². The number of alkyl halides is 3. The maximum atomic E-state index is 12.6. The van der Waals surface area contributed by atoms with Crippen LogP contribution in [0.1, 0.15) is 28.8 Å². The van der Waals surface area contributed by atoms with Crippen LogP contribution in [0.4, 0.5) is 13.2 Å². The van der Waals surface area contributed by atoms with Crippen LogP contribution in [0.3, 0.4) is 0 Å². The smallest absolute Gasteiger partial charge is 0.433 e. The van der Waals surface area contributed by atoms with Gasteiger partial charge in [-0.3, -0.25) is 4.68 Å². The highest BCUT2D eigenvalue weighted by molar-refractivity contribution is 9.10. The van der Waals surface area contributed by atoms with E-state index in [9.17, 15) is 18.0 Å². The van der Waals surface area contributed by atoms with Crippen molar-refractivity contribution in [2.75, 3.05) is 0 Å². The molecule has 0 saturated carbocycles. The highest BCUT2D eigenvalue weighted by Crippen LogP contribution is 2.29. The molecule has 0 aliphatic carbocycles. The highest BCUT2D eigenvalue weighted by Gasteiger charge is 2.35. The Kier molecular flexibility index (Phi) is 4.54. The number of carbonyl (C=O) groups is 1. The van der Waals surface area contributed by atoms with E-state index in [-0.39, 0.29) is 16.0 Å². The Bertz CT molecular complexity index is 694. The van der Waals surface area contributed by atoms with Crippen LogP contribution in [0.5, 0.6) is 0 Å². The third-order valence-electron chi connectivity index (χ3n) is 2.66. The minimum Gasteiger partial charge on any atom is -0.454 e. The van der Waals surface area contributed by atoms with Crippen LogP contribution in [0, 0.1) is 0 Å². The Hall–Kier alpha value is -1.91. The van der Waals surface area contributed by atoms with Crippen molar-refractivity contribution in [3.63, 3.8) is 0 Å². The molecule has 0 N–H and O–H groups in total. The first-order valence-electron chi connectivity index (χ1n) is 6.10. The van der Waals surface area contributed by atoms with Gasteiger partial charge in [-0.05, 0) is 28.9 Å². The fourth-order valence-electron chi connectivity index (χ4n) is 1.66. The van der Waals surface area contributed by atoms with E-state index in [0.717, 1.165) is 13.1 Å². The summed E-state index contributed by atoms with van der Waals surface area (Å²) in [6, 6.07) is 0.825. The fourth-order valence-corrected chi connectivity index (χ4v) is 2.09. The summed E-state index contributed by atoms with van der Waals surface area (Å²) in [5.41, 5.74) is -0.979. The van der Waals surface area contributed by atoms with Gasteiger partial charge in [-0.1, -0.05) is 0 Å². The zero-order chi connectivity index (χ0) is 16.5. The standard InChI is InChI=1S/C11H11BrF3N5O2/c1-3-20-17-8(9(12)18-20)10(21)22-5-6-4-7(11(13,14)15)19(2)16-6/h4H,3,5H2,1-2H3. The lowest BCUT2D eigenvalue weighted by Crippen LogP contribution is -2.11. The van der Waals surface area contributed by atoms with Crippen LogP contribution in [0.25, 0.3) is 0 Å². The maximum absolute atomic E-state index is 12.6. The first kappa shape index (κ1) is 16.5. The van der Waals surface area contributed by atoms with Gasteiger partial charge in [0.25, 0.3) is 0 Å². The topological polar surface area (TPSA) is 74.8 Å². The normalized spacial score (nSPS) is 11.7. The lowest BCUT2D eigenvalue weighted by atomic mass is 10.3. The molecule has 0 radical (unpaired) electrons. The molecule has 22 heavy (non-hydrogen) atoms. The first-order chi connectivity index (χ1) is 10.2. The number of esters is 1. The molecule has 0 atom stereocenters. The van der Waals surface area contributed by atoms with E-state index < -0.39 is 24.4 Å². The molecule has 0 aliphatic rings. The molecule has 0 aliphatic heterocycles. The van der Waals surface area contributed by atoms with Gasteiger partial charge in [-0.15, -0.1) is 10.2 Å². The fraction of sp³-hybridized carbons (Fsp3) is 0.455. The zero-order valence-electron chi connectivity index (χ0n) is 11.6. The van der Waals surface area contributed by atoms with E-state index in [4.69, 9.17) is 4.74 Å². The van der Waals surface area contributed by atoms with Crippen molar-refractivity contribution < 1.29 is 22.7 Å². The summed E-state index contributed by atoms with van der Waals surface area (Å²) in [5, 5.41) is 11.4. The molecule has 0 amide bonds. The van der Waals surface area contributed by atoms with Gasteiger partial charge >= 0.3 is 12.1 Å². The summed E-state index contributed by atoms with van der Waals surface area (Å²) in [4.78, 5) is 13.1. The second kappa shape index (κ2) is 6.07. The van der Waals surface area contributed by atoms with Crippen LogP contribution in [0.2, 0.25) is 0 Å². The SMILES string of the molecule is CCn1nc(Br)c(C(=O)OCc2cc(C(F)(F)F)n(C)n2)n1. The average molecular weight is 382 g/mol. The molecule has 0 aromatic carbocycles. The number of halogens is 4. The molecular formula is C11H11BrF3N5O2. The molecule has 2 aromatic heterocycles. The minimum atomic E-state index is -4.52. The van der Waals surface area contributed by atoms with Gasteiger partial charge in [0, 0.05) is 7.05 Å². The summed E-state index contributed by atoms with van der Waals surface area (Å²) >= 11 is 3.06. The van der Waals surface area contributed by atoms with Crippen LogP contribution >= 0.6 is 15.9 Å². The number of rotatable bonds is 4. The lowest BCUT2D eigenvalue weighted by Gasteiger charge is -2.04. The molecule has 11 heteroatoms. The van der Waals surface area contributed by atoms with E-state index in [2.05, 4.69) is 31.2 Å². The van der Waals surface area contributed by atoms with Crippen molar-refractivity contribution in [1.82, 2.24) is 24.8 Å². The summed E-state index contributed by atoms with van der Waals surface area (Å²) in [6.45, 7) is 1.85. The summed E-state index contributed by atoms with van der Waals surface area (Å²) in [5.74, 6) is -0.800. The van der Waals surface area contributed by atoms with Crippen molar-refractivity contribution in [3.05, 3.63) is 27.8 Å². The van der Waals surface area contributed by atoms with E-state index in [1.807, 2.05) is 0 Å². The maximum Gasteiger partial charge on any atom is 0.433 e. The van der Waals surface area contributed by atoms with Gasteiger partial charge in [0.1, 0.15) is 18.0 Å². The van der Waals surface area contributed by atoms with Gasteiger partial charge < -0.3 is 4.74 Å². The van der Waals surface area contributed by atoms with Crippen molar-refractivity contribution in [2.45, 2.75) is 26.3 Å². The zero-order valence-corrected chi connectivity index (χ0v) is 13.1. The van der Waals surface area contributed by atoms with Gasteiger partial charge in [0.2, 0.25) is 5.69 Å². The molecule has 0 fully saturated rings. The van der Waals surface area contributed by atoms with Crippen LogP contribution in [-0.4, -0.2) is 30.7 Å². The Labute approximate surface area is 131 Å². The van der Waals surface area contributed by atoms with Crippen LogP contribution in [-0.2, 0) is 31.1 Å². The molecule has 2 heterocycles. The van der Waals surface area contributed by atoms with Crippen molar-refractivity contribution in [1.29, 1.82) is 0 Å². The van der Waals surface area contributed by atoms with Gasteiger partial charge in [-0.2, -0.15) is 23.1 Å². The molecule has 2 rings (SSSR count). The van der Waals surface area contributed by atoms with Crippen molar-refractivity contribution in [2.24, 2.45) is 7.05 Å². The summed E-state index contributed by atoms with van der Waals surface area (Å²) in [7, 11) is 1.16. The van der Waals surface area contributed by atoms with E-state index in [1.165, 1.54) is 4.80 Å². The minimum absolute atomic E-state index is 0.0119. The van der Waals surface area contributed by atoms with Crippen molar-refractivity contribution >= 4 is 21.9 Å². The molecule has 120 valence electrons. The van der Waals surface area contributed by atoms with Gasteiger partial charge in [0.05, 0.1) is 6.54 Å². The molecule has 7 nitrogen and oxygen atoms in total. The second-order valence-electron chi connectivity index (χ2n) is 4.25. The molecule has 0 unspecified atom stereocenters. The van der Waals surface area contributed by atoms with Crippen molar-refractivity contribution in [3.8, 4) is 0 Å². The number of aryl methyl sites for hydroxylation is 2. The first-order valence-corrected chi connectivity index (χ1v) is 6.89. The number of nitrogens with zero attached hydrogens (tertiary/aromatic N) is 5. The Morgan fingerprint density at radius 3 is 2.55 bits per heavy atom. The Morgan fingerprint density at radius 2 is 2.05 bits per heavy atom. The monoisotopic (exact) mass is 381 g/mol. The highest BCUT2D eigenvalue weighted by atomic mass is 79.9. The van der Waals surface area contributed by atoms with E-state index >= 15 is 0 Å². The molecule has 0 spiro atoms. The largest absolute Gasteiger partial charge is 0.454 e. The third kappa shape index (κ3) is 3.46. The Balaban J connectivity index is 2.07.